The van der Waals surface area contributed by atoms with E-state index in [-0.39, 0.29) is 6.10 Å². The maximum Gasteiger partial charge on any atom is 0.213 e. The summed E-state index contributed by atoms with van der Waals surface area (Å²) in [5.74, 6) is 2.41. The van der Waals surface area contributed by atoms with Gasteiger partial charge >= 0.3 is 0 Å². The number of fused-ring (bicyclic) bond motifs is 1. The van der Waals surface area contributed by atoms with Crippen LogP contribution in [0.3, 0.4) is 0 Å². The van der Waals surface area contributed by atoms with E-state index >= 15 is 0 Å². The van der Waals surface area contributed by atoms with Crippen LogP contribution in [0.15, 0.2) is 43.1 Å². The van der Waals surface area contributed by atoms with Crippen LogP contribution in [-0.4, -0.2) is 54.6 Å². The number of likely N-dealkylation sites (tertiary alicyclic amines) is 1. The zero-order valence-electron chi connectivity index (χ0n) is 16.3. The number of rotatable bonds is 9. The van der Waals surface area contributed by atoms with E-state index in [2.05, 4.69) is 53.7 Å². The highest BCUT2D eigenvalue weighted by atomic mass is 16.5. The third-order valence-electron chi connectivity index (χ3n) is 5.43. The number of allylic oxidation sites excluding steroid dienone is 3. The van der Waals surface area contributed by atoms with E-state index in [1.54, 1.807) is 0 Å². The molecule has 0 spiro atoms. The number of pyridine rings is 1. The van der Waals surface area contributed by atoms with Gasteiger partial charge in [0.05, 0.1) is 0 Å². The first kappa shape index (κ1) is 19.1. The van der Waals surface area contributed by atoms with Crippen LogP contribution in [0.5, 0.6) is 5.88 Å². The van der Waals surface area contributed by atoms with Gasteiger partial charge in [-0.1, -0.05) is 24.3 Å². The Morgan fingerprint density at radius 3 is 2.58 bits per heavy atom. The predicted octanol–water partition coefficient (Wildman–Crippen LogP) is 3.75. The minimum absolute atomic E-state index is 0.174. The van der Waals surface area contributed by atoms with Crippen molar-refractivity contribution < 1.29 is 4.74 Å². The first-order valence-corrected chi connectivity index (χ1v) is 9.88. The Balaban J connectivity index is 1.56. The SMILES string of the molecule is C=CCCC(CN1C[C@H]2CC=CC[C@H]2C1)Oc1ccc(CN(C)C)cn1. The molecule has 26 heavy (non-hydrogen) atoms. The summed E-state index contributed by atoms with van der Waals surface area (Å²) in [6, 6.07) is 4.12. The fourth-order valence-electron chi connectivity index (χ4n) is 4.15. The average Bonchev–Trinajstić information content (AvgIpc) is 3.03. The highest BCUT2D eigenvalue weighted by Crippen LogP contribution is 2.33. The van der Waals surface area contributed by atoms with Gasteiger partial charge in [0.15, 0.2) is 0 Å². The Morgan fingerprint density at radius 1 is 1.27 bits per heavy atom. The zero-order chi connectivity index (χ0) is 18.4. The Kier molecular flexibility index (Phi) is 6.86. The van der Waals surface area contributed by atoms with Gasteiger partial charge in [0, 0.05) is 38.4 Å². The van der Waals surface area contributed by atoms with E-state index < -0.39 is 0 Å². The molecule has 2 aliphatic rings. The van der Waals surface area contributed by atoms with Crippen LogP contribution < -0.4 is 4.74 Å². The van der Waals surface area contributed by atoms with Gasteiger partial charge in [-0.25, -0.2) is 4.98 Å². The average molecular weight is 356 g/mol. The van der Waals surface area contributed by atoms with Crippen molar-refractivity contribution >= 4 is 0 Å². The lowest BCUT2D eigenvalue weighted by atomic mass is 9.86. The lowest BCUT2D eigenvalue weighted by Gasteiger charge is -2.24. The van der Waals surface area contributed by atoms with E-state index in [0.29, 0.717) is 0 Å². The molecular formula is C22H33N3O. The standard InChI is InChI=1S/C22H33N3O/c1-4-5-10-21(17-25-15-19-8-6-7-9-20(19)16-25)26-22-12-11-18(13-23-22)14-24(2)3/h4,6-7,11-13,19-21H,1,5,8-10,14-17H2,2-3H3/t19-,20+,21?. The van der Waals surface area contributed by atoms with Crippen molar-refractivity contribution in [1.82, 2.24) is 14.8 Å². The maximum atomic E-state index is 6.26. The third-order valence-corrected chi connectivity index (χ3v) is 5.43. The van der Waals surface area contributed by atoms with E-state index in [0.717, 1.165) is 43.6 Å². The van der Waals surface area contributed by atoms with Crippen LogP contribution in [-0.2, 0) is 6.54 Å². The van der Waals surface area contributed by atoms with Crippen molar-refractivity contribution in [3.8, 4) is 5.88 Å². The molecule has 1 aromatic rings. The predicted molar refractivity (Wildman–Crippen MR) is 107 cm³/mol. The van der Waals surface area contributed by atoms with Crippen molar-refractivity contribution in [1.29, 1.82) is 0 Å². The summed E-state index contributed by atoms with van der Waals surface area (Å²) >= 11 is 0. The van der Waals surface area contributed by atoms with Crippen LogP contribution in [0.25, 0.3) is 0 Å². The smallest absolute Gasteiger partial charge is 0.213 e. The molecule has 1 saturated heterocycles. The molecule has 3 atom stereocenters. The summed E-state index contributed by atoms with van der Waals surface area (Å²) in [6.07, 6.45) is 13.3. The number of ether oxygens (including phenoxy) is 1. The Labute approximate surface area is 158 Å². The number of hydrogen-bond acceptors (Lipinski definition) is 4. The van der Waals surface area contributed by atoms with Crippen molar-refractivity contribution in [3.05, 3.63) is 48.7 Å². The van der Waals surface area contributed by atoms with Crippen LogP contribution in [0, 0.1) is 11.8 Å². The summed E-state index contributed by atoms with van der Waals surface area (Å²) in [4.78, 5) is 9.26. The van der Waals surface area contributed by atoms with Crippen molar-refractivity contribution in [3.63, 3.8) is 0 Å². The van der Waals surface area contributed by atoms with Crippen molar-refractivity contribution in [2.75, 3.05) is 33.7 Å². The first-order chi connectivity index (χ1) is 12.6. The van der Waals surface area contributed by atoms with Crippen molar-refractivity contribution in [2.45, 2.75) is 38.3 Å². The molecule has 0 N–H and O–H groups in total. The lowest BCUT2D eigenvalue weighted by molar-refractivity contribution is 0.131. The van der Waals surface area contributed by atoms with Crippen LogP contribution in [0.4, 0.5) is 0 Å². The second-order valence-electron chi connectivity index (χ2n) is 8.03. The molecule has 1 aliphatic carbocycles. The molecule has 0 aromatic carbocycles. The molecule has 1 fully saturated rings. The molecule has 4 heteroatoms. The van der Waals surface area contributed by atoms with Gasteiger partial charge in [-0.3, -0.25) is 4.90 Å². The van der Waals surface area contributed by atoms with E-state index in [1.807, 2.05) is 18.3 Å². The fourth-order valence-corrected chi connectivity index (χ4v) is 4.15. The van der Waals surface area contributed by atoms with E-state index in [4.69, 9.17) is 4.74 Å². The molecule has 4 nitrogen and oxygen atoms in total. The molecule has 3 rings (SSSR count). The van der Waals surface area contributed by atoms with Gasteiger partial charge in [0.25, 0.3) is 0 Å². The van der Waals surface area contributed by atoms with Crippen LogP contribution in [0.2, 0.25) is 0 Å². The van der Waals surface area contributed by atoms with Crippen molar-refractivity contribution in [2.24, 2.45) is 11.8 Å². The quantitative estimate of drug-likeness (QED) is 0.631. The number of hydrogen-bond donors (Lipinski definition) is 0. The highest BCUT2D eigenvalue weighted by molar-refractivity contribution is 5.18. The lowest BCUT2D eigenvalue weighted by Crippen LogP contribution is -2.34. The molecule has 2 heterocycles. The summed E-state index contributed by atoms with van der Waals surface area (Å²) in [6.45, 7) is 8.17. The molecule has 0 saturated carbocycles. The summed E-state index contributed by atoms with van der Waals surface area (Å²) < 4.78 is 6.26. The van der Waals surface area contributed by atoms with Gasteiger partial charge in [-0.05, 0) is 57.2 Å². The van der Waals surface area contributed by atoms with Crippen LogP contribution in [0.1, 0.15) is 31.2 Å². The van der Waals surface area contributed by atoms with Gasteiger partial charge in [0.1, 0.15) is 6.10 Å². The molecule has 0 amide bonds. The molecular weight excluding hydrogens is 322 g/mol. The molecule has 1 unspecified atom stereocenters. The Hall–Kier alpha value is -1.65. The summed E-state index contributed by atoms with van der Waals surface area (Å²) in [5.41, 5.74) is 1.21. The fraction of sp³-hybridized carbons (Fsp3) is 0.591. The maximum absolute atomic E-state index is 6.26. The summed E-state index contributed by atoms with van der Waals surface area (Å²) in [5, 5.41) is 0. The second-order valence-corrected chi connectivity index (χ2v) is 8.03. The topological polar surface area (TPSA) is 28.6 Å². The van der Waals surface area contributed by atoms with Gasteiger partial charge < -0.3 is 9.64 Å². The monoisotopic (exact) mass is 355 g/mol. The molecule has 1 aromatic heterocycles. The molecule has 0 bridgehead atoms. The normalized spacial score (nSPS) is 23.8. The van der Waals surface area contributed by atoms with E-state index in [9.17, 15) is 0 Å². The number of nitrogens with zero attached hydrogens (tertiary/aromatic N) is 3. The highest BCUT2D eigenvalue weighted by Gasteiger charge is 2.33. The first-order valence-electron chi connectivity index (χ1n) is 9.88. The molecule has 0 radical (unpaired) electrons. The third kappa shape index (κ3) is 5.42. The largest absolute Gasteiger partial charge is 0.473 e. The van der Waals surface area contributed by atoms with Gasteiger partial charge in [-0.15, -0.1) is 6.58 Å². The van der Waals surface area contributed by atoms with Gasteiger partial charge in [-0.2, -0.15) is 0 Å². The second kappa shape index (κ2) is 9.33. The van der Waals surface area contributed by atoms with Crippen LogP contribution >= 0.6 is 0 Å². The van der Waals surface area contributed by atoms with E-state index in [1.165, 1.54) is 31.5 Å². The minimum Gasteiger partial charge on any atom is -0.473 e. The Bertz CT molecular complexity index is 580. The zero-order valence-corrected chi connectivity index (χ0v) is 16.3. The van der Waals surface area contributed by atoms with Gasteiger partial charge in [0.2, 0.25) is 5.88 Å². The minimum atomic E-state index is 0.174. The molecule has 142 valence electrons. The Morgan fingerprint density at radius 2 is 2.00 bits per heavy atom. The number of aromatic nitrogens is 1. The molecule has 1 aliphatic heterocycles. The summed E-state index contributed by atoms with van der Waals surface area (Å²) in [7, 11) is 4.14.